The molecule has 118 valence electrons. The van der Waals surface area contributed by atoms with Gasteiger partial charge in [0.2, 0.25) is 5.88 Å². The van der Waals surface area contributed by atoms with E-state index in [1.165, 1.54) is 0 Å². The van der Waals surface area contributed by atoms with Crippen molar-refractivity contribution in [1.29, 1.82) is 0 Å². The second-order valence-corrected chi connectivity index (χ2v) is 6.28. The molecule has 0 aromatic carbocycles. The second-order valence-electron chi connectivity index (χ2n) is 6.28. The van der Waals surface area contributed by atoms with Crippen molar-refractivity contribution < 1.29 is 14.1 Å². The monoisotopic (exact) mass is 296 g/mol. The SMILES string of the molecule is CC(C)(C)OC(=O)N1CCN(CCc2cc(N)on2)CC1. The van der Waals surface area contributed by atoms with Crippen LogP contribution in [0.25, 0.3) is 0 Å². The molecule has 2 rings (SSSR count). The zero-order valence-corrected chi connectivity index (χ0v) is 13.0. The summed E-state index contributed by atoms with van der Waals surface area (Å²) in [6.45, 7) is 9.58. The van der Waals surface area contributed by atoms with Crippen molar-refractivity contribution in [1.82, 2.24) is 15.0 Å². The van der Waals surface area contributed by atoms with E-state index in [0.717, 1.165) is 31.7 Å². The van der Waals surface area contributed by atoms with Crippen molar-refractivity contribution in [2.45, 2.75) is 32.8 Å². The molecule has 1 fully saturated rings. The number of anilines is 1. The fourth-order valence-electron chi connectivity index (χ4n) is 2.20. The number of hydrogen-bond acceptors (Lipinski definition) is 6. The molecule has 1 aliphatic heterocycles. The van der Waals surface area contributed by atoms with Crippen LogP contribution in [0.3, 0.4) is 0 Å². The van der Waals surface area contributed by atoms with Gasteiger partial charge in [0.25, 0.3) is 0 Å². The molecule has 1 saturated heterocycles. The average molecular weight is 296 g/mol. The summed E-state index contributed by atoms with van der Waals surface area (Å²) < 4.78 is 10.2. The highest BCUT2D eigenvalue weighted by atomic mass is 16.6. The maximum atomic E-state index is 12.0. The van der Waals surface area contributed by atoms with Gasteiger partial charge in [0, 0.05) is 45.2 Å². The molecule has 0 atom stereocenters. The predicted octanol–water partition coefficient (Wildman–Crippen LogP) is 1.35. The summed E-state index contributed by atoms with van der Waals surface area (Å²) >= 11 is 0. The number of ether oxygens (including phenoxy) is 1. The van der Waals surface area contributed by atoms with Gasteiger partial charge in [0.05, 0.1) is 5.69 Å². The first kappa shape index (κ1) is 15.6. The number of nitrogen functional groups attached to an aromatic ring is 1. The van der Waals surface area contributed by atoms with Crippen LogP contribution in [0.5, 0.6) is 0 Å². The van der Waals surface area contributed by atoms with Crippen LogP contribution in [0.15, 0.2) is 10.6 Å². The topological polar surface area (TPSA) is 84.8 Å². The zero-order chi connectivity index (χ0) is 15.5. The lowest BCUT2D eigenvalue weighted by atomic mass is 10.2. The van der Waals surface area contributed by atoms with E-state index in [2.05, 4.69) is 10.1 Å². The molecule has 0 spiro atoms. The molecule has 0 bridgehead atoms. The number of hydrogen-bond donors (Lipinski definition) is 1. The first-order chi connectivity index (χ1) is 9.83. The normalized spacial score (nSPS) is 17.0. The van der Waals surface area contributed by atoms with Gasteiger partial charge in [-0.15, -0.1) is 0 Å². The number of amides is 1. The van der Waals surface area contributed by atoms with E-state index in [1.54, 1.807) is 11.0 Å². The van der Waals surface area contributed by atoms with Crippen LogP contribution in [0.2, 0.25) is 0 Å². The van der Waals surface area contributed by atoms with E-state index in [9.17, 15) is 4.79 Å². The molecular weight excluding hydrogens is 272 g/mol. The highest BCUT2D eigenvalue weighted by molar-refractivity contribution is 5.68. The van der Waals surface area contributed by atoms with Crippen molar-refractivity contribution in [2.75, 3.05) is 38.5 Å². The second kappa shape index (κ2) is 6.34. The largest absolute Gasteiger partial charge is 0.444 e. The number of nitrogens with two attached hydrogens (primary N) is 1. The van der Waals surface area contributed by atoms with Gasteiger partial charge in [-0.2, -0.15) is 0 Å². The summed E-state index contributed by atoms with van der Waals surface area (Å²) in [5.41, 5.74) is 5.91. The maximum Gasteiger partial charge on any atom is 0.410 e. The van der Waals surface area contributed by atoms with Crippen LogP contribution in [0.1, 0.15) is 26.5 Å². The number of nitrogens with zero attached hydrogens (tertiary/aromatic N) is 3. The van der Waals surface area contributed by atoms with Gasteiger partial charge in [0.1, 0.15) is 5.60 Å². The minimum atomic E-state index is -0.443. The molecule has 1 aliphatic rings. The Hall–Kier alpha value is -1.76. The molecule has 0 aliphatic carbocycles. The Kier molecular flexibility index (Phi) is 4.72. The summed E-state index contributed by atoms with van der Waals surface area (Å²) in [5, 5.41) is 3.87. The third kappa shape index (κ3) is 4.93. The Morgan fingerprint density at radius 2 is 2.05 bits per heavy atom. The van der Waals surface area contributed by atoms with Crippen molar-refractivity contribution in [3.63, 3.8) is 0 Å². The molecule has 1 aromatic rings. The number of carbonyl (C=O) groups is 1. The Bertz CT molecular complexity index is 473. The van der Waals surface area contributed by atoms with Crippen LogP contribution in [-0.2, 0) is 11.2 Å². The van der Waals surface area contributed by atoms with Gasteiger partial charge in [-0.05, 0) is 20.8 Å². The lowest BCUT2D eigenvalue weighted by Gasteiger charge is -2.35. The molecule has 0 unspecified atom stereocenters. The molecule has 21 heavy (non-hydrogen) atoms. The van der Waals surface area contributed by atoms with Gasteiger partial charge in [0.15, 0.2) is 0 Å². The van der Waals surface area contributed by atoms with Crippen molar-refractivity contribution in [3.05, 3.63) is 11.8 Å². The Morgan fingerprint density at radius 1 is 1.38 bits per heavy atom. The highest BCUT2D eigenvalue weighted by Crippen LogP contribution is 2.12. The Labute approximate surface area is 125 Å². The quantitative estimate of drug-likeness (QED) is 0.906. The standard InChI is InChI=1S/C14H24N4O3/c1-14(2,3)20-13(19)18-8-6-17(7-9-18)5-4-11-10-12(15)21-16-11/h10H,4-9,15H2,1-3H3. The van der Waals surface area contributed by atoms with Crippen LogP contribution < -0.4 is 5.73 Å². The van der Waals surface area contributed by atoms with E-state index in [1.807, 2.05) is 20.8 Å². The molecule has 0 saturated carbocycles. The molecule has 7 heteroatoms. The average Bonchev–Trinajstić information content (AvgIpc) is 2.81. The van der Waals surface area contributed by atoms with Crippen LogP contribution in [0, 0.1) is 0 Å². The third-order valence-corrected chi connectivity index (χ3v) is 3.29. The first-order valence-corrected chi connectivity index (χ1v) is 7.25. The zero-order valence-electron chi connectivity index (χ0n) is 13.0. The van der Waals surface area contributed by atoms with E-state index in [4.69, 9.17) is 15.0 Å². The lowest BCUT2D eigenvalue weighted by Crippen LogP contribution is -2.50. The van der Waals surface area contributed by atoms with Crippen molar-refractivity contribution in [2.24, 2.45) is 0 Å². The fourth-order valence-corrected chi connectivity index (χ4v) is 2.20. The van der Waals surface area contributed by atoms with Crippen molar-refractivity contribution >= 4 is 12.0 Å². The number of aromatic nitrogens is 1. The summed E-state index contributed by atoms with van der Waals surface area (Å²) in [7, 11) is 0. The Balaban J connectivity index is 1.72. The minimum absolute atomic E-state index is 0.230. The Morgan fingerprint density at radius 3 is 2.57 bits per heavy atom. The van der Waals surface area contributed by atoms with Gasteiger partial charge in [-0.25, -0.2) is 4.79 Å². The van der Waals surface area contributed by atoms with Crippen LogP contribution >= 0.6 is 0 Å². The molecule has 7 nitrogen and oxygen atoms in total. The first-order valence-electron chi connectivity index (χ1n) is 7.25. The highest BCUT2D eigenvalue weighted by Gasteiger charge is 2.25. The maximum absolute atomic E-state index is 12.0. The minimum Gasteiger partial charge on any atom is -0.444 e. The van der Waals surface area contributed by atoms with E-state index >= 15 is 0 Å². The summed E-state index contributed by atoms with van der Waals surface area (Å²) in [6, 6.07) is 1.75. The van der Waals surface area contributed by atoms with Crippen LogP contribution in [0.4, 0.5) is 10.7 Å². The third-order valence-electron chi connectivity index (χ3n) is 3.29. The predicted molar refractivity (Wildman–Crippen MR) is 78.9 cm³/mol. The molecule has 2 N–H and O–H groups in total. The van der Waals surface area contributed by atoms with Crippen molar-refractivity contribution in [3.8, 4) is 0 Å². The van der Waals surface area contributed by atoms with Gasteiger partial charge in [-0.3, -0.25) is 4.90 Å². The fraction of sp³-hybridized carbons (Fsp3) is 0.714. The van der Waals surface area contributed by atoms with E-state index < -0.39 is 5.60 Å². The number of rotatable bonds is 3. The van der Waals surface area contributed by atoms with E-state index in [-0.39, 0.29) is 6.09 Å². The summed E-state index contributed by atoms with van der Waals surface area (Å²) in [6.07, 6.45) is 0.569. The van der Waals surface area contributed by atoms with Gasteiger partial charge in [-0.1, -0.05) is 5.16 Å². The summed E-state index contributed by atoms with van der Waals surface area (Å²) in [5.74, 6) is 0.347. The smallest absolute Gasteiger partial charge is 0.410 e. The number of carbonyl (C=O) groups excluding carboxylic acids is 1. The molecule has 1 aromatic heterocycles. The van der Waals surface area contributed by atoms with Crippen LogP contribution in [-0.4, -0.2) is 59.4 Å². The molecule has 2 heterocycles. The van der Waals surface area contributed by atoms with E-state index in [0.29, 0.717) is 19.0 Å². The van der Waals surface area contributed by atoms with Gasteiger partial charge < -0.3 is 19.9 Å². The van der Waals surface area contributed by atoms with Gasteiger partial charge >= 0.3 is 6.09 Å². The lowest BCUT2D eigenvalue weighted by molar-refractivity contribution is 0.0146. The summed E-state index contributed by atoms with van der Waals surface area (Å²) in [4.78, 5) is 16.0. The number of piperazine rings is 1. The molecule has 0 radical (unpaired) electrons. The molecular formula is C14H24N4O3. The molecule has 1 amide bonds.